The summed E-state index contributed by atoms with van der Waals surface area (Å²) < 4.78 is 5.56. The SMILES string of the molecule is CC1OCCC1NCc1ccc2ccccc2c1. The van der Waals surface area contributed by atoms with Crippen LogP contribution in [-0.4, -0.2) is 18.8 Å². The Kier molecular flexibility index (Phi) is 3.31. The summed E-state index contributed by atoms with van der Waals surface area (Å²) in [5.74, 6) is 0. The van der Waals surface area contributed by atoms with Gasteiger partial charge in [-0.3, -0.25) is 0 Å². The van der Waals surface area contributed by atoms with Gasteiger partial charge in [0.25, 0.3) is 0 Å². The monoisotopic (exact) mass is 241 g/mol. The summed E-state index contributed by atoms with van der Waals surface area (Å²) in [6.07, 6.45) is 1.46. The molecule has 2 unspecified atom stereocenters. The van der Waals surface area contributed by atoms with E-state index in [1.807, 2.05) is 0 Å². The van der Waals surface area contributed by atoms with Crippen molar-refractivity contribution in [2.24, 2.45) is 0 Å². The predicted octanol–water partition coefficient (Wildman–Crippen LogP) is 3.11. The van der Waals surface area contributed by atoms with Crippen LogP contribution in [0.5, 0.6) is 0 Å². The molecule has 2 atom stereocenters. The lowest BCUT2D eigenvalue weighted by molar-refractivity contribution is 0.113. The van der Waals surface area contributed by atoms with Crippen LogP contribution in [0, 0.1) is 0 Å². The number of hydrogen-bond donors (Lipinski definition) is 1. The van der Waals surface area contributed by atoms with Gasteiger partial charge in [-0.2, -0.15) is 0 Å². The van der Waals surface area contributed by atoms with Gasteiger partial charge in [-0.1, -0.05) is 36.4 Å². The molecule has 0 aliphatic carbocycles. The fraction of sp³-hybridized carbons (Fsp3) is 0.375. The molecule has 3 rings (SSSR count). The largest absolute Gasteiger partial charge is 0.377 e. The van der Waals surface area contributed by atoms with Crippen LogP contribution in [0.1, 0.15) is 18.9 Å². The van der Waals surface area contributed by atoms with Gasteiger partial charge in [-0.15, -0.1) is 0 Å². The molecule has 1 aliphatic rings. The van der Waals surface area contributed by atoms with E-state index in [2.05, 4.69) is 54.7 Å². The van der Waals surface area contributed by atoms with Crippen molar-refractivity contribution in [3.63, 3.8) is 0 Å². The molecule has 1 saturated heterocycles. The van der Waals surface area contributed by atoms with Gasteiger partial charge >= 0.3 is 0 Å². The van der Waals surface area contributed by atoms with E-state index in [1.165, 1.54) is 16.3 Å². The zero-order chi connectivity index (χ0) is 12.4. The number of fused-ring (bicyclic) bond motifs is 1. The average Bonchev–Trinajstić information content (AvgIpc) is 2.82. The highest BCUT2D eigenvalue weighted by Crippen LogP contribution is 2.17. The van der Waals surface area contributed by atoms with Crippen LogP contribution in [0.4, 0.5) is 0 Å². The molecule has 0 aromatic heterocycles. The standard InChI is InChI=1S/C16H19NO/c1-12-16(8-9-18-12)17-11-13-6-7-14-4-2-3-5-15(14)10-13/h2-7,10,12,16-17H,8-9,11H2,1H3. The highest BCUT2D eigenvalue weighted by molar-refractivity contribution is 5.82. The number of rotatable bonds is 3. The summed E-state index contributed by atoms with van der Waals surface area (Å²) in [5, 5.41) is 6.20. The lowest BCUT2D eigenvalue weighted by atomic mass is 10.1. The fourth-order valence-corrected chi connectivity index (χ4v) is 2.60. The van der Waals surface area contributed by atoms with Crippen LogP contribution < -0.4 is 5.32 Å². The number of nitrogens with one attached hydrogen (secondary N) is 1. The molecule has 94 valence electrons. The van der Waals surface area contributed by atoms with Gasteiger partial charge in [0.1, 0.15) is 0 Å². The first-order chi connectivity index (χ1) is 8.83. The zero-order valence-corrected chi connectivity index (χ0v) is 10.7. The topological polar surface area (TPSA) is 21.3 Å². The van der Waals surface area contributed by atoms with E-state index in [0.29, 0.717) is 12.1 Å². The molecule has 2 aromatic carbocycles. The minimum absolute atomic E-state index is 0.338. The van der Waals surface area contributed by atoms with Gasteiger partial charge in [0.05, 0.1) is 6.10 Å². The van der Waals surface area contributed by atoms with E-state index in [0.717, 1.165) is 19.6 Å². The molecule has 1 aliphatic heterocycles. The molecule has 0 amide bonds. The van der Waals surface area contributed by atoms with Crippen LogP contribution in [-0.2, 0) is 11.3 Å². The second-order valence-corrected chi connectivity index (χ2v) is 5.03. The Morgan fingerprint density at radius 2 is 2.00 bits per heavy atom. The molecular weight excluding hydrogens is 222 g/mol. The van der Waals surface area contributed by atoms with Crippen molar-refractivity contribution in [2.75, 3.05) is 6.61 Å². The molecule has 0 radical (unpaired) electrons. The average molecular weight is 241 g/mol. The van der Waals surface area contributed by atoms with Crippen molar-refractivity contribution >= 4 is 10.8 Å². The smallest absolute Gasteiger partial charge is 0.0700 e. The Morgan fingerprint density at radius 1 is 1.17 bits per heavy atom. The first kappa shape index (κ1) is 11.7. The third-order valence-corrected chi connectivity index (χ3v) is 3.76. The summed E-state index contributed by atoms with van der Waals surface area (Å²) in [5.41, 5.74) is 1.34. The minimum Gasteiger partial charge on any atom is -0.377 e. The van der Waals surface area contributed by atoms with Crippen LogP contribution in [0.25, 0.3) is 10.8 Å². The van der Waals surface area contributed by atoms with E-state index in [4.69, 9.17) is 4.74 Å². The Balaban J connectivity index is 1.71. The predicted molar refractivity (Wildman–Crippen MR) is 74.6 cm³/mol. The highest BCUT2D eigenvalue weighted by atomic mass is 16.5. The van der Waals surface area contributed by atoms with Gasteiger partial charge in [0, 0.05) is 19.2 Å². The fourth-order valence-electron chi connectivity index (χ4n) is 2.60. The third-order valence-electron chi connectivity index (χ3n) is 3.76. The van der Waals surface area contributed by atoms with Crippen LogP contribution >= 0.6 is 0 Å². The maximum Gasteiger partial charge on any atom is 0.0700 e. The lowest BCUT2D eigenvalue weighted by Crippen LogP contribution is -2.34. The second-order valence-electron chi connectivity index (χ2n) is 5.03. The molecule has 2 nitrogen and oxygen atoms in total. The quantitative estimate of drug-likeness (QED) is 0.891. The molecule has 2 aromatic rings. The van der Waals surface area contributed by atoms with Crippen LogP contribution in [0.15, 0.2) is 42.5 Å². The second kappa shape index (κ2) is 5.09. The summed E-state index contributed by atoms with van der Waals surface area (Å²) in [6, 6.07) is 15.7. The van der Waals surface area contributed by atoms with Gasteiger partial charge < -0.3 is 10.1 Å². The van der Waals surface area contributed by atoms with E-state index in [1.54, 1.807) is 0 Å². The molecule has 2 heteroatoms. The normalized spacial score (nSPS) is 23.6. The van der Waals surface area contributed by atoms with Gasteiger partial charge in [-0.05, 0) is 35.7 Å². The van der Waals surface area contributed by atoms with E-state index in [-0.39, 0.29) is 0 Å². The van der Waals surface area contributed by atoms with Gasteiger partial charge in [0.2, 0.25) is 0 Å². The Hall–Kier alpha value is -1.38. The molecule has 1 heterocycles. The number of benzene rings is 2. The van der Waals surface area contributed by atoms with E-state index in [9.17, 15) is 0 Å². The molecule has 0 spiro atoms. The summed E-state index contributed by atoms with van der Waals surface area (Å²) in [4.78, 5) is 0. The summed E-state index contributed by atoms with van der Waals surface area (Å²) in [7, 11) is 0. The van der Waals surface area contributed by atoms with Crippen molar-refractivity contribution in [1.82, 2.24) is 5.32 Å². The molecule has 1 N–H and O–H groups in total. The van der Waals surface area contributed by atoms with Crippen molar-refractivity contribution in [3.8, 4) is 0 Å². The van der Waals surface area contributed by atoms with Crippen molar-refractivity contribution < 1.29 is 4.74 Å². The Morgan fingerprint density at radius 3 is 2.78 bits per heavy atom. The highest BCUT2D eigenvalue weighted by Gasteiger charge is 2.23. The van der Waals surface area contributed by atoms with Crippen LogP contribution in [0.2, 0.25) is 0 Å². The Labute approximate surface area is 108 Å². The van der Waals surface area contributed by atoms with Crippen molar-refractivity contribution in [1.29, 1.82) is 0 Å². The third kappa shape index (κ3) is 2.40. The van der Waals surface area contributed by atoms with Gasteiger partial charge in [-0.25, -0.2) is 0 Å². The molecule has 1 fully saturated rings. The molecule has 0 bridgehead atoms. The van der Waals surface area contributed by atoms with Crippen molar-refractivity contribution in [3.05, 3.63) is 48.0 Å². The first-order valence-electron chi connectivity index (χ1n) is 6.65. The lowest BCUT2D eigenvalue weighted by Gasteiger charge is -2.16. The van der Waals surface area contributed by atoms with E-state index < -0.39 is 0 Å². The Bertz CT molecular complexity index is 537. The first-order valence-corrected chi connectivity index (χ1v) is 6.65. The molecular formula is C16H19NO. The maximum absolute atomic E-state index is 5.56. The number of ether oxygens (including phenoxy) is 1. The molecule has 0 saturated carbocycles. The zero-order valence-electron chi connectivity index (χ0n) is 10.7. The summed E-state index contributed by atoms with van der Waals surface area (Å²) >= 11 is 0. The van der Waals surface area contributed by atoms with Crippen LogP contribution in [0.3, 0.4) is 0 Å². The maximum atomic E-state index is 5.56. The number of hydrogen-bond acceptors (Lipinski definition) is 2. The van der Waals surface area contributed by atoms with E-state index >= 15 is 0 Å². The van der Waals surface area contributed by atoms with Gasteiger partial charge in [0.15, 0.2) is 0 Å². The minimum atomic E-state index is 0.338. The summed E-state index contributed by atoms with van der Waals surface area (Å²) in [6.45, 7) is 3.95. The molecule has 18 heavy (non-hydrogen) atoms. The van der Waals surface area contributed by atoms with Crippen molar-refractivity contribution in [2.45, 2.75) is 32.0 Å².